The highest BCUT2D eigenvalue weighted by Gasteiger charge is 2.16. The Hall–Kier alpha value is -0.980. The van der Waals surface area contributed by atoms with Gasteiger partial charge in [-0.2, -0.15) is 5.10 Å². The van der Waals surface area contributed by atoms with Crippen LogP contribution in [-0.2, 0) is 13.6 Å². The smallest absolute Gasteiger partial charge is 0.131 e. The largest absolute Gasteiger partial charge is 0.302 e. The molecule has 1 aromatic rings. The Morgan fingerprint density at radius 1 is 1.50 bits per heavy atom. The number of nitrogens with zero attached hydrogens (tertiary/aromatic N) is 2. The Balaban J connectivity index is 2.79. The van der Waals surface area contributed by atoms with Crippen LogP contribution in [0.2, 0.25) is 5.15 Å². The molecule has 0 fully saturated rings. The molecular weight excluding hydrogens is 222 g/mol. The molecule has 4 heteroatoms. The van der Waals surface area contributed by atoms with E-state index in [0.29, 0.717) is 17.6 Å². The molecule has 0 unspecified atom stereocenters. The fourth-order valence-electron chi connectivity index (χ4n) is 1.53. The molecule has 0 atom stereocenters. The summed E-state index contributed by atoms with van der Waals surface area (Å²) in [7, 11) is 1.86. The van der Waals surface area contributed by atoms with Gasteiger partial charge in [-0.1, -0.05) is 31.4 Å². The van der Waals surface area contributed by atoms with E-state index in [1.54, 1.807) is 4.68 Å². The molecule has 0 saturated heterocycles. The fraction of sp³-hybridized carbons (Fsp3) is 0.583. The van der Waals surface area contributed by atoms with Crippen molar-refractivity contribution in [3.05, 3.63) is 16.4 Å². The number of hydrogen-bond donors (Lipinski definition) is 1. The van der Waals surface area contributed by atoms with Crippen molar-refractivity contribution >= 4 is 11.6 Å². The van der Waals surface area contributed by atoms with Crippen molar-refractivity contribution in [3.8, 4) is 11.8 Å². The van der Waals surface area contributed by atoms with Crippen LogP contribution >= 0.6 is 11.6 Å². The quantitative estimate of drug-likeness (QED) is 0.646. The molecule has 0 spiro atoms. The van der Waals surface area contributed by atoms with Crippen LogP contribution in [0.5, 0.6) is 0 Å². The predicted molar refractivity (Wildman–Crippen MR) is 67.5 cm³/mol. The molecule has 0 aromatic carbocycles. The topological polar surface area (TPSA) is 29.9 Å². The van der Waals surface area contributed by atoms with Gasteiger partial charge in [0.05, 0.1) is 12.2 Å². The van der Waals surface area contributed by atoms with Crippen LogP contribution < -0.4 is 5.32 Å². The third-order valence-electron chi connectivity index (χ3n) is 2.34. The number of nitrogens with one attached hydrogen (secondary N) is 1. The molecule has 16 heavy (non-hydrogen) atoms. The van der Waals surface area contributed by atoms with Crippen molar-refractivity contribution in [2.45, 2.75) is 33.2 Å². The lowest BCUT2D eigenvalue weighted by atomic mass is 10.1. The second kappa shape index (κ2) is 5.93. The summed E-state index contributed by atoms with van der Waals surface area (Å²) in [6, 6.07) is 0. The van der Waals surface area contributed by atoms with Crippen LogP contribution in [0.15, 0.2) is 0 Å². The summed E-state index contributed by atoms with van der Waals surface area (Å²) < 4.78 is 1.72. The molecule has 0 bridgehead atoms. The maximum Gasteiger partial charge on any atom is 0.131 e. The summed E-state index contributed by atoms with van der Waals surface area (Å²) in [5.41, 5.74) is 2.14. The first kappa shape index (κ1) is 13.1. The van der Waals surface area contributed by atoms with Gasteiger partial charge in [0.25, 0.3) is 0 Å². The van der Waals surface area contributed by atoms with E-state index in [0.717, 1.165) is 17.8 Å². The van der Waals surface area contributed by atoms with Crippen molar-refractivity contribution in [1.29, 1.82) is 0 Å². The lowest BCUT2D eigenvalue weighted by Crippen LogP contribution is -2.14. The SMILES string of the molecule is CC#CCNCc1c(C(C)C)nn(C)c1Cl. The summed E-state index contributed by atoms with van der Waals surface area (Å²) in [4.78, 5) is 0. The van der Waals surface area contributed by atoms with Gasteiger partial charge in [-0.3, -0.25) is 4.68 Å². The average Bonchev–Trinajstić information content (AvgIpc) is 2.52. The van der Waals surface area contributed by atoms with E-state index in [9.17, 15) is 0 Å². The molecule has 0 amide bonds. The molecule has 88 valence electrons. The molecule has 0 aliphatic rings. The summed E-state index contributed by atoms with van der Waals surface area (Å²) in [5.74, 6) is 6.19. The van der Waals surface area contributed by atoms with Crippen LogP contribution in [0.4, 0.5) is 0 Å². The number of aryl methyl sites for hydroxylation is 1. The number of halogens is 1. The predicted octanol–water partition coefficient (Wildman–Crippen LogP) is 2.31. The summed E-state index contributed by atoms with van der Waals surface area (Å²) in [5, 5.41) is 8.37. The minimum Gasteiger partial charge on any atom is -0.302 e. The highest BCUT2D eigenvalue weighted by atomic mass is 35.5. The standard InChI is InChI=1S/C12H18ClN3/c1-5-6-7-14-8-10-11(9(2)3)15-16(4)12(10)13/h9,14H,7-8H2,1-4H3. The van der Waals surface area contributed by atoms with Crippen molar-refractivity contribution < 1.29 is 0 Å². The first-order valence-electron chi connectivity index (χ1n) is 5.39. The van der Waals surface area contributed by atoms with E-state index in [-0.39, 0.29) is 0 Å². The first-order valence-corrected chi connectivity index (χ1v) is 5.77. The number of rotatable bonds is 4. The Morgan fingerprint density at radius 3 is 2.75 bits per heavy atom. The van der Waals surface area contributed by atoms with Gasteiger partial charge in [0.15, 0.2) is 0 Å². The molecule has 3 nitrogen and oxygen atoms in total. The van der Waals surface area contributed by atoms with Crippen LogP contribution in [0.25, 0.3) is 0 Å². The molecule has 1 rings (SSSR count). The van der Waals surface area contributed by atoms with Gasteiger partial charge in [-0.05, 0) is 12.8 Å². The summed E-state index contributed by atoms with van der Waals surface area (Å²) >= 11 is 6.20. The third-order valence-corrected chi connectivity index (χ3v) is 2.81. The molecule has 1 heterocycles. The van der Waals surface area contributed by atoms with Gasteiger partial charge in [-0.15, -0.1) is 5.92 Å². The molecular formula is C12H18ClN3. The van der Waals surface area contributed by atoms with E-state index in [4.69, 9.17) is 11.6 Å². The van der Waals surface area contributed by atoms with Crippen LogP contribution in [0.1, 0.15) is 37.9 Å². The normalized spacial score (nSPS) is 10.4. The minimum atomic E-state index is 0.382. The van der Waals surface area contributed by atoms with Gasteiger partial charge in [0.1, 0.15) is 5.15 Å². The lowest BCUT2D eigenvalue weighted by Gasteiger charge is -2.05. The lowest BCUT2D eigenvalue weighted by molar-refractivity contribution is 0.707. The van der Waals surface area contributed by atoms with E-state index in [1.165, 1.54) is 0 Å². The fourth-order valence-corrected chi connectivity index (χ4v) is 1.73. The van der Waals surface area contributed by atoms with Crippen molar-refractivity contribution in [1.82, 2.24) is 15.1 Å². The molecule has 1 aromatic heterocycles. The molecule has 0 aliphatic heterocycles. The number of hydrogen-bond acceptors (Lipinski definition) is 2. The monoisotopic (exact) mass is 239 g/mol. The Morgan fingerprint density at radius 2 is 2.19 bits per heavy atom. The van der Waals surface area contributed by atoms with Gasteiger partial charge < -0.3 is 5.32 Å². The van der Waals surface area contributed by atoms with E-state index >= 15 is 0 Å². The summed E-state index contributed by atoms with van der Waals surface area (Å²) in [6.45, 7) is 7.47. The second-order valence-electron chi connectivity index (χ2n) is 3.96. The van der Waals surface area contributed by atoms with Crippen molar-refractivity contribution in [2.75, 3.05) is 6.54 Å². The Labute approximate surface area is 102 Å². The molecule has 0 radical (unpaired) electrons. The van der Waals surface area contributed by atoms with Crippen LogP contribution in [0.3, 0.4) is 0 Å². The molecule has 0 saturated carbocycles. The highest BCUT2D eigenvalue weighted by molar-refractivity contribution is 6.30. The van der Waals surface area contributed by atoms with Crippen LogP contribution in [-0.4, -0.2) is 16.3 Å². The Kier molecular flexibility index (Phi) is 4.85. The second-order valence-corrected chi connectivity index (χ2v) is 4.32. The highest BCUT2D eigenvalue weighted by Crippen LogP contribution is 2.24. The van der Waals surface area contributed by atoms with Gasteiger partial charge in [-0.25, -0.2) is 0 Å². The molecule has 0 aliphatic carbocycles. The minimum absolute atomic E-state index is 0.382. The average molecular weight is 240 g/mol. The van der Waals surface area contributed by atoms with Crippen LogP contribution in [0, 0.1) is 11.8 Å². The Bertz CT molecular complexity index is 410. The maximum atomic E-state index is 6.20. The van der Waals surface area contributed by atoms with Crippen molar-refractivity contribution in [3.63, 3.8) is 0 Å². The van der Waals surface area contributed by atoms with Gasteiger partial charge in [0, 0.05) is 19.2 Å². The maximum absolute atomic E-state index is 6.20. The molecule has 1 N–H and O–H groups in total. The van der Waals surface area contributed by atoms with E-state index in [2.05, 4.69) is 36.1 Å². The van der Waals surface area contributed by atoms with Crippen molar-refractivity contribution in [2.24, 2.45) is 7.05 Å². The zero-order chi connectivity index (χ0) is 12.1. The van der Waals surface area contributed by atoms with E-state index in [1.807, 2.05) is 14.0 Å². The van der Waals surface area contributed by atoms with Gasteiger partial charge >= 0.3 is 0 Å². The third kappa shape index (κ3) is 3.01. The summed E-state index contributed by atoms with van der Waals surface area (Å²) in [6.07, 6.45) is 0. The zero-order valence-corrected chi connectivity index (χ0v) is 11.0. The number of aromatic nitrogens is 2. The zero-order valence-electron chi connectivity index (χ0n) is 10.3. The van der Waals surface area contributed by atoms with E-state index < -0.39 is 0 Å². The van der Waals surface area contributed by atoms with Gasteiger partial charge in [0.2, 0.25) is 0 Å². The first-order chi connectivity index (χ1) is 7.57.